The van der Waals surface area contributed by atoms with Crippen molar-refractivity contribution in [1.29, 1.82) is 0 Å². The maximum absolute atomic E-state index is 3.56. The minimum absolute atomic E-state index is 0.654. The largest absolute Gasteiger partial charge is 0.314 e. The predicted octanol–water partition coefficient (Wildman–Crippen LogP) is 2.95. The van der Waals surface area contributed by atoms with E-state index in [1.54, 1.807) is 0 Å². The van der Waals surface area contributed by atoms with Gasteiger partial charge >= 0.3 is 0 Å². The van der Waals surface area contributed by atoms with Gasteiger partial charge in [0.15, 0.2) is 0 Å². The Bertz CT molecular complexity index is 133. The quantitative estimate of drug-likeness (QED) is 0.682. The molecule has 0 aromatic carbocycles. The van der Waals surface area contributed by atoms with Crippen molar-refractivity contribution < 1.29 is 0 Å². The van der Waals surface area contributed by atoms with Crippen molar-refractivity contribution in [1.82, 2.24) is 5.32 Å². The first-order valence-corrected chi connectivity index (χ1v) is 5.43. The van der Waals surface area contributed by atoms with Crippen LogP contribution in [0.2, 0.25) is 0 Å². The Kier molecular flexibility index (Phi) is 3.57. The number of hydrogen-bond donors (Lipinski definition) is 1. The van der Waals surface area contributed by atoms with Gasteiger partial charge in [-0.05, 0) is 37.6 Å². The summed E-state index contributed by atoms with van der Waals surface area (Å²) in [5, 5.41) is 3.56. The van der Waals surface area contributed by atoms with Gasteiger partial charge in [-0.25, -0.2) is 0 Å². The van der Waals surface area contributed by atoms with Crippen molar-refractivity contribution in [3.63, 3.8) is 0 Å². The second-order valence-electron chi connectivity index (χ2n) is 4.56. The smallest absolute Gasteiger partial charge is 0.00723 e. The van der Waals surface area contributed by atoms with Crippen LogP contribution in [0.25, 0.3) is 0 Å². The number of rotatable bonds is 4. The minimum atomic E-state index is 0.654. The maximum atomic E-state index is 3.56. The van der Waals surface area contributed by atoms with E-state index >= 15 is 0 Å². The molecule has 1 N–H and O–H groups in total. The van der Waals surface area contributed by atoms with E-state index in [2.05, 4.69) is 26.1 Å². The van der Waals surface area contributed by atoms with Crippen LogP contribution in [0.4, 0.5) is 0 Å². The van der Waals surface area contributed by atoms with Crippen molar-refractivity contribution in [2.45, 2.75) is 58.9 Å². The molecule has 0 heterocycles. The average molecular weight is 169 g/mol. The fourth-order valence-electron chi connectivity index (χ4n) is 2.62. The monoisotopic (exact) mass is 169 g/mol. The summed E-state index contributed by atoms with van der Waals surface area (Å²) >= 11 is 0. The van der Waals surface area contributed by atoms with Gasteiger partial charge in [0.25, 0.3) is 0 Å². The fourth-order valence-corrected chi connectivity index (χ4v) is 2.62. The van der Waals surface area contributed by atoms with Gasteiger partial charge in [-0.15, -0.1) is 0 Å². The van der Waals surface area contributed by atoms with E-state index in [0.29, 0.717) is 5.41 Å². The van der Waals surface area contributed by atoms with Crippen LogP contribution in [0.15, 0.2) is 0 Å². The average Bonchev–Trinajstić information content (AvgIpc) is 2.34. The molecular formula is C11H23N. The SMILES string of the molecule is CCCC1(C)CCC(NCC)C1. The molecule has 0 amide bonds. The van der Waals surface area contributed by atoms with E-state index in [1.165, 1.54) is 32.1 Å². The van der Waals surface area contributed by atoms with Crippen molar-refractivity contribution in [3.8, 4) is 0 Å². The van der Waals surface area contributed by atoms with Gasteiger partial charge in [0, 0.05) is 6.04 Å². The minimum Gasteiger partial charge on any atom is -0.314 e. The zero-order chi connectivity index (χ0) is 9.03. The molecule has 1 saturated carbocycles. The van der Waals surface area contributed by atoms with E-state index in [-0.39, 0.29) is 0 Å². The highest BCUT2D eigenvalue weighted by Gasteiger charge is 2.33. The highest BCUT2D eigenvalue weighted by molar-refractivity contribution is 4.88. The Balaban J connectivity index is 2.32. The van der Waals surface area contributed by atoms with Gasteiger partial charge < -0.3 is 5.32 Å². The van der Waals surface area contributed by atoms with Gasteiger partial charge in [0.1, 0.15) is 0 Å². The van der Waals surface area contributed by atoms with Crippen LogP contribution in [0.3, 0.4) is 0 Å². The van der Waals surface area contributed by atoms with Gasteiger partial charge in [0.2, 0.25) is 0 Å². The van der Waals surface area contributed by atoms with Crippen LogP contribution in [0.5, 0.6) is 0 Å². The summed E-state index contributed by atoms with van der Waals surface area (Å²) in [7, 11) is 0. The van der Waals surface area contributed by atoms with Gasteiger partial charge in [-0.2, -0.15) is 0 Å². The molecule has 0 spiro atoms. The maximum Gasteiger partial charge on any atom is 0.00723 e. The Morgan fingerprint density at radius 1 is 1.42 bits per heavy atom. The Labute approximate surface area is 76.9 Å². The van der Waals surface area contributed by atoms with Crippen LogP contribution in [-0.2, 0) is 0 Å². The van der Waals surface area contributed by atoms with Gasteiger partial charge in [-0.3, -0.25) is 0 Å². The molecular weight excluding hydrogens is 146 g/mol. The lowest BCUT2D eigenvalue weighted by Gasteiger charge is -2.23. The lowest BCUT2D eigenvalue weighted by Crippen LogP contribution is -2.27. The van der Waals surface area contributed by atoms with Crippen molar-refractivity contribution in [2.24, 2.45) is 5.41 Å². The third-order valence-electron chi connectivity index (χ3n) is 3.18. The summed E-state index contributed by atoms with van der Waals surface area (Å²) in [6, 6.07) is 0.812. The summed E-state index contributed by atoms with van der Waals surface area (Å²) in [6.45, 7) is 8.09. The zero-order valence-corrected chi connectivity index (χ0v) is 8.82. The van der Waals surface area contributed by atoms with Gasteiger partial charge in [0.05, 0.1) is 0 Å². The second kappa shape index (κ2) is 4.27. The van der Waals surface area contributed by atoms with E-state index in [0.717, 1.165) is 12.6 Å². The van der Waals surface area contributed by atoms with Crippen molar-refractivity contribution in [3.05, 3.63) is 0 Å². The summed E-state index contributed by atoms with van der Waals surface area (Å²) in [5.74, 6) is 0. The molecule has 0 aliphatic heterocycles. The van der Waals surface area contributed by atoms with Crippen LogP contribution in [-0.4, -0.2) is 12.6 Å². The lowest BCUT2D eigenvalue weighted by molar-refractivity contribution is 0.295. The molecule has 0 bridgehead atoms. The molecule has 2 unspecified atom stereocenters. The van der Waals surface area contributed by atoms with Crippen LogP contribution >= 0.6 is 0 Å². The zero-order valence-electron chi connectivity index (χ0n) is 8.82. The molecule has 1 aliphatic carbocycles. The highest BCUT2D eigenvalue weighted by atomic mass is 14.9. The first-order chi connectivity index (χ1) is 5.70. The fraction of sp³-hybridized carbons (Fsp3) is 1.00. The summed E-state index contributed by atoms with van der Waals surface area (Å²) < 4.78 is 0. The third kappa shape index (κ3) is 2.48. The van der Waals surface area contributed by atoms with E-state index in [1.807, 2.05) is 0 Å². The molecule has 1 nitrogen and oxygen atoms in total. The molecule has 1 heteroatoms. The third-order valence-corrected chi connectivity index (χ3v) is 3.18. The summed E-state index contributed by atoms with van der Waals surface area (Å²) in [5.41, 5.74) is 0.654. The second-order valence-corrected chi connectivity index (χ2v) is 4.56. The Hall–Kier alpha value is -0.0400. The summed E-state index contributed by atoms with van der Waals surface area (Å²) in [4.78, 5) is 0. The normalized spacial score (nSPS) is 35.8. The summed E-state index contributed by atoms with van der Waals surface area (Å²) in [6.07, 6.45) is 6.97. The molecule has 1 aliphatic rings. The topological polar surface area (TPSA) is 12.0 Å². The molecule has 0 aromatic heterocycles. The molecule has 1 fully saturated rings. The Morgan fingerprint density at radius 2 is 2.17 bits per heavy atom. The van der Waals surface area contributed by atoms with E-state index in [9.17, 15) is 0 Å². The first kappa shape index (κ1) is 10.0. The molecule has 12 heavy (non-hydrogen) atoms. The first-order valence-electron chi connectivity index (χ1n) is 5.43. The van der Waals surface area contributed by atoms with E-state index < -0.39 is 0 Å². The van der Waals surface area contributed by atoms with Crippen LogP contribution < -0.4 is 5.32 Å². The van der Waals surface area contributed by atoms with Crippen LogP contribution in [0, 0.1) is 5.41 Å². The number of nitrogens with one attached hydrogen (secondary N) is 1. The highest BCUT2D eigenvalue weighted by Crippen LogP contribution is 2.41. The molecule has 1 rings (SSSR count). The van der Waals surface area contributed by atoms with E-state index in [4.69, 9.17) is 0 Å². The van der Waals surface area contributed by atoms with Crippen molar-refractivity contribution in [2.75, 3.05) is 6.54 Å². The van der Waals surface area contributed by atoms with Crippen LogP contribution in [0.1, 0.15) is 52.9 Å². The standard InChI is InChI=1S/C11H23N/c1-4-7-11(3)8-6-10(9-11)12-5-2/h10,12H,4-9H2,1-3H3. The molecule has 0 saturated heterocycles. The van der Waals surface area contributed by atoms with Gasteiger partial charge in [-0.1, -0.05) is 27.2 Å². The number of hydrogen-bond acceptors (Lipinski definition) is 1. The van der Waals surface area contributed by atoms with Crippen molar-refractivity contribution >= 4 is 0 Å². The molecule has 2 atom stereocenters. The predicted molar refractivity (Wildman–Crippen MR) is 54.3 cm³/mol. The molecule has 0 radical (unpaired) electrons. The Morgan fingerprint density at radius 3 is 2.75 bits per heavy atom. The molecule has 0 aromatic rings. The molecule has 72 valence electrons. The lowest BCUT2D eigenvalue weighted by atomic mass is 9.84.